The van der Waals surface area contributed by atoms with Gasteiger partial charge in [-0.25, -0.2) is 8.78 Å². The number of benzene rings is 1. The van der Waals surface area contributed by atoms with Crippen molar-refractivity contribution in [3.8, 4) is 11.8 Å². The Hall–Kier alpha value is -1.40. The highest BCUT2D eigenvalue weighted by Gasteiger charge is 2.04. The molecule has 0 bridgehead atoms. The third kappa shape index (κ3) is 3.63. The predicted molar refractivity (Wildman–Crippen MR) is 60.9 cm³/mol. The van der Waals surface area contributed by atoms with Gasteiger partial charge >= 0.3 is 0 Å². The number of halogens is 2. The molecule has 1 aromatic rings. The van der Waals surface area contributed by atoms with Gasteiger partial charge < -0.3 is 5.73 Å². The lowest BCUT2D eigenvalue weighted by molar-refractivity contribution is 0.589. The van der Waals surface area contributed by atoms with Gasteiger partial charge in [0.05, 0.1) is 5.56 Å². The summed E-state index contributed by atoms with van der Waals surface area (Å²) in [6, 6.07) is 2.31. The minimum absolute atomic E-state index is 0.121. The Morgan fingerprint density at radius 2 is 1.94 bits per heavy atom. The second kappa shape index (κ2) is 6.24. The summed E-state index contributed by atoms with van der Waals surface area (Å²) in [5.41, 5.74) is 5.74. The van der Waals surface area contributed by atoms with Gasteiger partial charge in [-0.1, -0.05) is 11.8 Å². The van der Waals surface area contributed by atoms with E-state index >= 15 is 0 Å². The van der Waals surface area contributed by atoms with Crippen LogP contribution in [0.25, 0.3) is 0 Å². The largest absolute Gasteiger partial charge is 0.330 e. The highest BCUT2D eigenvalue weighted by Crippen LogP contribution is 2.13. The average molecular weight is 223 g/mol. The van der Waals surface area contributed by atoms with Crippen molar-refractivity contribution in [3.05, 3.63) is 34.9 Å². The van der Waals surface area contributed by atoms with E-state index in [1.165, 1.54) is 13.0 Å². The SMILES string of the molecule is Cc1cc(F)c(C#CCCCCN)cc1F. The molecule has 1 nitrogen and oxygen atoms in total. The Balaban J connectivity index is 2.69. The zero-order valence-electron chi connectivity index (χ0n) is 9.32. The summed E-state index contributed by atoms with van der Waals surface area (Å²) in [7, 11) is 0. The molecule has 0 atom stereocenters. The summed E-state index contributed by atoms with van der Waals surface area (Å²) in [5, 5.41) is 0. The van der Waals surface area contributed by atoms with Crippen LogP contribution in [0, 0.1) is 30.4 Å². The Bertz CT molecular complexity index is 416. The molecule has 86 valence electrons. The second-order valence-corrected chi connectivity index (χ2v) is 3.63. The molecule has 0 amide bonds. The van der Waals surface area contributed by atoms with Crippen LogP contribution in [0.15, 0.2) is 12.1 Å². The first-order valence-electron chi connectivity index (χ1n) is 5.29. The van der Waals surface area contributed by atoms with Crippen LogP contribution in [-0.4, -0.2) is 6.54 Å². The molecule has 0 aliphatic heterocycles. The lowest BCUT2D eigenvalue weighted by atomic mass is 10.1. The van der Waals surface area contributed by atoms with E-state index in [9.17, 15) is 8.78 Å². The van der Waals surface area contributed by atoms with Gasteiger partial charge in [0.2, 0.25) is 0 Å². The molecule has 0 saturated heterocycles. The standard InChI is InChI=1S/C13H15F2N/c1-10-8-13(15)11(9-12(10)14)6-4-2-3-5-7-16/h8-9H,2-3,5,7,16H2,1H3. The average Bonchev–Trinajstić information content (AvgIpc) is 2.25. The van der Waals surface area contributed by atoms with Gasteiger partial charge in [0.15, 0.2) is 0 Å². The van der Waals surface area contributed by atoms with Crippen LogP contribution in [0.2, 0.25) is 0 Å². The molecule has 16 heavy (non-hydrogen) atoms. The number of aryl methyl sites for hydroxylation is 1. The smallest absolute Gasteiger partial charge is 0.139 e. The van der Waals surface area contributed by atoms with Gasteiger partial charge in [-0.15, -0.1) is 0 Å². The fourth-order valence-electron chi connectivity index (χ4n) is 1.26. The Labute approximate surface area is 94.7 Å². The molecule has 0 heterocycles. The Morgan fingerprint density at radius 3 is 2.62 bits per heavy atom. The van der Waals surface area contributed by atoms with E-state index < -0.39 is 11.6 Å². The molecule has 1 aromatic carbocycles. The minimum Gasteiger partial charge on any atom is -0.330 e. The van der Waals surface area contributed by atoms with E-state index in [1.54, 1.807) is 0 Å². The maximum Gasteiger partial charge on any atom is 0.139 e. The second-order valence-electron chi connectivity index (χ2n) is 3.63. The van der Waals surface area contributed by atoms with Gasteiger partial charge in [-0.05, 0) is 44.0 Å². The van der Waals surface area contributed by atoms with Crippen LogP contribution < -0.4 is 5.73 Å². The molecule has 2 N–H and O–H groups in total. The zero-order valence-corrected chi connectivity index (χ0v) is 9.32. The van der Waals surface area contributed by atoms with Crippen molar-refractivity contribution in [2.75, 3.05) is 6.54 Å². The fourth-order valence-corrected chi connectivity index (χ4v) is 1.26. The number of hydrogen-bond donors (Lipinski definition) is 1. The first-order valence-corrected chi connectivity index (χ1v) is 5.29. The van der Waals surface area contributed by atoms with Crippen molar-refractivity contribution in [2.24, 2.45) is 5.73 Å². The highest BCUT2D eigenvalue weighted by molar-refractivity contribution is 5.38. The number of hydrogen-bond acceptors (Lipinski definition) is 1. The van der Waals surface area contributed by atoms with Crippen molar-refractivity contribution < 1.29 is 8.78 Å². The number of unbranched alkanes of at least 4 members (excludes halogenated alkanes) is 2. The van der Waals surface area contributed by atoms with Crippen molar-refractivity contribution in [3.63, 3.8) is 0 Å². The van der Waals surface area contributed by atoms with Crippen LogP contribution in [0.4, 0.5) is 8.78 Å². The molecular formula is C13H15F2N. The van der Waals surface area contributed by atoms with Crippen molar-refractivity contribution >= 4 is 0 Å². The third-order valence-corrected chi connectivity index (χ3v) is 2.23. The van der Waals surface area contributed by atoms with Gasteiger partial charge in [0.1, 0.15) is 11.6 Å². The van der Waals surface area contributed by atoms with Crippen LogP contribution in [0.3, 0.4) is 0 Å². The molecule has 0 unspecified atom stereocenters. The lowest BCUT2D eigenvalue weighted by Gasteiger charge is -1.98. The van der Waals surface area contributed by atoms with E-state index in [2.05, 4.69) is 11.8 Å². The normalized spacial score (nSPS) is 9.75. The third-order valence-electron chi connectivity index (χ3n) is 2.23. The van der Waals surface area contributed by atoms with E-state index in [4.69, 9.17) is 5.73 Å². The van der Waals surface area contributed by atoms with E-state index in [0.717, 1.165) is 18.9 Å². The van der Waals surface area contributed by atoms with Gasteiger partial charge in [0, 0.05) is 6.42 Å². The molecule has 3 heteroatoms. The fraction of sp³-hybridized carbons (Fsp3) is 0.385. The molecule has 0 saturated carbocycles. The molecule has 0 spiro atoms. The van der Waals surface area contributed by atoms with Crippen molar-refractivity contribution in [1.82, 2.24) is 0 Å². The summed E-state index contributed by atoms with van der Waals surface area (Å²) in [4.78, 5) is 0. The molecule has 0 aliphatic rings. The zero-order chi connectivity index (χ0) is 12.0. The van der Waals surface area contributed by atoms with Crippen LogP contribution in [0.5, 0.6) is 0 Å². The topological polar surface area (TPSA) is 26.0 Å². The molecule has 0 aromatic heterocycles. The monoisotopic (exact) mass is 223 g/mol. The van der Waals surface area contributed by atoms with Crippen LogP contribution >= 0.6 is 0 Å². The Morgan fingerprint density at radius 1 is 1.19 bits per heavy atom. The summed E-state index contributed by atoms with van der Waals surface area (Å²) in [6.07, 6.45) is 2.45. The van der Waals surface area contributed by atoms with Crippen molar-refractivity contribution in [2.45, 2.75) is 26.2 Å². The maximum atomic E-state index is 13.3. The summed E-state index contributed by atoms with van der Waals surface area (Å²) >= 11 is 0. The molecule has 0 aliphatic carbocycles. The minimum atomic E-state index is -0.467. The first kappa shape index (κ1) is 12.7. The van der Waals surface area contributed by atoms with E-state index in [1.807, 2.05) is 0 Å². The van der Waals surface area contributed by atoms with E-state index in [0.29, 0.717) is 18.5 Å². The first-order chi connectivity index (χ1) is 7.65. The number of nitrogens with two attached hydrogens (primary N) is 1. The molecule has 0 fully saturated rings. The molecular weight excluding hydrogens is 208 g/mol. The Kier molecular flexibility index (Phi) is 4.94. The molecule has 1 rings (SSSR count). The van der Waals surface area contributed by atoms with Gasteiger partial charge in [0.25, 0.3) is 0 Å². The predicted octanol–water partition coefficient (Wildman–Crippen LogP) is 2.75. The quantitative estimate of drug-likeness (QED) is 0.619. The summed E-state index contributed by atoms with van der Waals surface area (Å²) in [6.45, 7) is 2.16. The van der Waals surface area contributed by atoms with Gasteiger partial charge in [-0.3, -0.25) is 0 Å². The summed E-state index contributed by atoms with van der Waals surface area (Å²) in [5.74, 6) is 4.55. The van der Waals surface area contributed by atoms with Gasteiger partial charge in [-0.2, -0.15) is 0 Å². The molecule has 0 radical (unpaired) electrons. The summed E-state index contributed by atoms with van der Waals surface area (Å²) < 4.78 is 26.5. The lowest BCUT2D eigenvalue weighted by Crippen LogP contribution is -1.97. The van der Waals surface area contributed by atoms with Crippen molar-refractivity contribution in [1.29, 1.82) is 0 Å². The van der Waals surface area contributed by atoms with Crippen LogP contribution in [0.1, 0.15) is 30.4 Å². The maximum absolute atomic E-state index is 13.3. The highest BCUT2D eigenvalue weighted by atomic mass is 19.1. The van der Waals surface area contributed by atoms with E-state index in [-0.39, 0.29) is 5.56 Å². The van der Waals surface area contributed by atoms with Crippen LogP contribution in [-0.2, 0) is 0 Å². The number of rotatable bonds is 3.